The molecule has 1 aliphatic carbocycles. The number of aryl methyl sites for hydroxylation is 1. The summed E-state index contributed by atoms with van der Waals surface area (Å²) in [6.07, 6.45) is 2.54. The molecule has 7 nitrogen and oxygen atoms in total. The number of nitriles is 1. The second-order valence-corrected chi connectivity index (χ2v) is 9.05. The number of carboxylic acids is 1. The molecule has 7 heteroatoms. The van der Waals surface area contributed by atoms with Crippen molar-refractivity contribution in [2.45, 2.75) is 32.7 Å². The van der Waals surface area contributed by atoms with E-state index in [1.54, 1.807) is 18.2 Å². The van der Waals surface area contributed by atoms with Crippen molar-refractivity contribution in [3.05, 3.63) is 58.8 Å². The molecule has 162 valence electrons. The minimum absolute atomic E-state index is 0.206. The summed E-state index contributed by atoms with van der Waals surface area (Å²) in [5.41, 5.74) is 4.52. The molecule has 2 bridgehead atoms. The van der Waals surface area contributed by atoms with Crippen LogP contribution in [0.3, 0.4) is 0 Å². The number of nitrogens with one attached hydrogen (secondary N) is 1. The Morgan fingerprint density at radius 2 is 1.94 bits per heavy atom. The van der Waals surface area contributed by atoms with Crippen LogP contribution in [-0.2, 0) is 0 Å². The molecule has 1 aromatic heterocycles. The third-order valence-corrected chi connectivity index (χ3v) is 6.62. The molecule has 3 aromatic rings. The van der Waals surface area contributed by atoms with Crippen molar-refractivity contribution in [3.63, 3.8) is 0 Å². The molecule has 2 saturated heterocycles. The smallest absolute Gasteiger partial charge is 0.337 e. The van der Waals surface area contributed by atoms with Crippen molar-refractivity contribution in [3.8, 4) is 6.07 Å². The van der Waals surface area contributed by atoms with Crippen molar-refractivity contribution in [1.29, 1.82) is 5.26 Å². The highest BCUT2D eigenvalue weighted by Crippen LogP contribution is 2.41. The van der Waals surface area contributed by atoms with Gasteiger partial charge in [0.15, 0.2) is 11.5 Å². The van der Waals surface area contributed by atoms with E-state index in [4.69, 9.17) is 4.98 Å². The molecule has 0 amide bonds. The maximum Gasteiger partial charge on any atom is 0.337 e. The third-order valence-electron chi connectivity index (χ3n) is 6.62. The molecule has 1 atom stereocenters. The lowest BCUT2D eigenvalue weighted by Gasteiger charge is -2.47. The first-order valence-electron chi connectivity index (χ1n) is 11.0. The van der Waals surface area contributed by atoms with Gasteiger partial charge in [-0.2, -0.15) is 5.26 Å². The summed E-state index contributed by atoms with van der Waals surface area (Å²) in [4.78, 5) is 23.5. The number of aromatic carboxylic acids is 1. The summed E-state index contributed by atoms with van der Waals surface area (Å²) in [5.74, 6) is 1.06. The summed E-state index contributed by atoms with van der Waals surface area (Å²) < 4.78 is 0. The average Bonchev–Trinajstić information content (AvgIpc) is 2.77. The Kier molecular flexibility index (Phi) is 4.93. The van der Waals surface area contributed by atoms with Gasteiger partial charge in [-0.15, -0.1) is 0 Å². The van der Waals surface area contributed by atoms with Crippen LogP contribution in [0.15, 0.2) is 36.4 Å². The van der Waals surface area contributed by atoms with Crippen molar-refractivity contribution >= 4 is 28.5 Å². The lowest BCUT2D eigenvalue weighted by molar-refractivity contribution is 0.0698. The number of carbonyl (C=O) groups is 1. The van der Waals surface area contributed by atoms with Crippen LogP contribution in [-0.4, -0.2) is 34.1 Å². The van der Waals surface area contributed by atoms with Gasteiger partial charge in [-0.25, -0.2) is 14.8 Å². The third kappa shape index (κ3) is 3.52. The number of para-hydroxylation sites is 1. The number of benzene rings is 2. The molecular formula is C25H25N5O2. The van der Waals surface area contributed by atoms with Gasteiger partial charge < -0.3 is 15.3 Å². The molecule has 0 radical (unpaired) electrons. The average molecular weight is 428 g/mol. The Morgan fingerprint density at radius 3 is 2.62 bits per heavy atom. The van der Waals surface area contributed by atoms with E-state index in [9.17, 15) is 15.2 Å². The van der Waals surface area contributed by atoms with Gasteiger partial charge in [0.25, 0.3) is 0 Å². The van der Waals surface area contributed by atoms with Gasteiger partial charge >= 0.3 is 5.97 Å². The van der Waals surface area contributed by atoms with Crippen LogP contribution in [0.25, 0.3) is 11.0 Å². The van der Waals surface area contributed by atoms with Crippen molar-refractivity contribution in [2.75, 3.05) is 23.3 Å². The van der Waals surface area contributed by atoms with Crippen LogP contribution in [0.5, 0.6) is 0 Å². The lowest BCUT2D eigenvalue weighted by Crippen LogP contribution is -2.49. The highest BCUT2D eigenvalue weighted by molar-refractivity contribution is 5.94. The normalized spacial score (nSPS) is 20.3. The van der Waals surface area contributed by atoms with Gasteiger partial charge in [-0.3, -0.25) is 0 Å². The highest BCUT2D eigenvalue weighted by Gasteiger charge is 2.38. The topological polar surface area (TPSA) is 102 Å². The summed E-state index contributed by atoms with van der Waals surface area (Å²) >= 11 is 0. The van der Waals surface area contributed by atoms with E-state index in [1.165, 1.54) is 12.8 Å². The second kappa shape index (κ2) is 7.79. The molecule has 32 heavy (non-hydrogen) atoms. The number of nitrogens with zero attached hydrogens (tertiary/aromatic N) is 4. The minimum Gasteiger partial charge on any atom is -0.478 e. The van der Waals surface area contributed by atoms with E-state index in [-0.39, 0.29) is 11.6 Å². The van der Waals surface area contributed by atoms with Gasteiger partial charge in [-0.1, -0.05) is 18.2 Å². The van der Waals surface area contributed by atoms with E-state index in [0.717, 1.165) is 29.7 Å². The van der Waals surface area contributed by atoms with Crippen LogP contribution in [0.1, 0.15) is 53.0 Å². The van der Waals surface area contributed by atoms with Crippen molar-refractivity contribution < 1.29 is 9.90 Å². The molecule has 3 aliphatic rings. The molecule has 3 fully saturated rings. The zero-order valence-corrected chi connectivity index (χ0v) is 18.2. The summed E-state index contributed by atoms with van der Waals surface area (Å²) in [6, 6.07) is 12.9. The van der Waals surface area contributed by atoms with Gasteiger partial charge in [0.05, 0.1) is 22.6 Å². The van der Waals surface area contributed by atoms with E-state index < -0.39 is 5.97 Å². The maximum absolute atomic E-state index is 11.6. The van der Waals surface area contributed by atoms with Gasteiger partial charge in [0, 0.05) is 24.3 Å². The Balaban J connectivity index is 1.57. The SMILES string of the molecule is Cc1cc([C@@H](C)Nc2ccccc2C(=O)O)c2nc(N3CC4CC(C4)C3)c(C#N)nc2c1. The van der Waals surface area contributed by atoms with Gasteiger partial charge in [0.1, 0.15) is 6.07 Å². The Labute approximate surface area is 186 Å². The number of aromatic nitrogens is 2. The fraction of sp³-hybridized carbons (Fsp3) is 0.360. The Hall–Kier alpha value is -3.66. The predicted molar refractivity (Wildman–Crippen MR) is 123 cm³/mol. The molecule has 0 spiro atoms. The standard InChI is InChI=1S/C25H25N5O2/c1-14-7-19(15(2)27-20-6-4-3-5-18(20)25(31)32)23-21(8-14)28-22(11-26)24(29-23)30-12-16-9-17(10-16)13-30/h3-8,15-17,27H,9-10,12-13H2,1-2H3,(H,31,32)/t15-,16?,17?/m1/s1. The lowest BCUT2D eigenvalue weighted by atomic mass is 9.71. The number of rotatable bonds is 5. The quantitative estimate of drug-likeness (QED) is 0.617. The first-order chi connectivity index (χ1) is 15.4. The number of carboxylic acid groups (broad SMARTS) is 1. The maximum atomic E-state index is 11.6. The molecule has 2 aromatic carbocycles. The highest BCUT2D eigenvalue weighted by atomic mass is 16.4. The zero-order valence-electron chi connectivity index (χ0n) is 18.2. The van der Waals surface area contributed by atoms with Gasteiger partial charge in [0.2, 0.25) is 0 Å². The zero-order chi connectivity index (χ0) is 22.4. The van der Waals surface area contributed by atoms with E-state index in [2.05, 4.69) is 27.3 Å². The van der Waals surface area contributed by atoms with Crippen LogP contribution in [0, 0.1) is 30.1 Å². The van der Waals surface area contributed by atoms with Crippen LogP contribution < -0.4 is 10.2 Å². The van der Waals surface area contributed by atoms with Crippen LogP contribution in [0.4, 0.5) is 11.5 Å². The number of fused-ring (bicyclic) bond motifs is 3. The number of hydrogen-bond acceptors (Lipinski definition) is 6. The predicted octanol–water partition coefficient (Wildman–Crippen LogP) is 4.53. The number of piperidine rings is 2. The van der Waals surface area contributed by atoms with Crippen LogP contribution >= 0.6 is 0 Å². The minimum atomic E-state index is -0.973. The van der Waals surface area contributed by atoms with E-state index in [0.29, 0.717) is 34.6 Å². The van der Waals surface area contributed by atoms with Crippen molar-refractivity contribution in [1.82, 2.24) is 9.97 Å². The molecule has 1 saturated carbocycles. The summed E-state index contributed by atoms with van der Waals surface area (Å²) in [6.45, 7) is 5.82. The molecule has 2 N–H and O–H groups in total. The first kappa shape index (κ1) is 20.3. The number of hydrogen-bond donors (Lipinski definition) is 2. The number of anilines is 2. The molecule has 2 aliphatic heterocycles. The molecule has 6 rings (SSSR count). The molecule has 3 heterocycles. The first-order valence-corrected chi connectivity index (χ1v) is 11.0. The largest absolute Gasteiger partial charge is 0.478 e. The Morgan fingerprint density at radius 1 is 1.22 bits per heavy atom. The van der Waals surface area contributed by atoms with Crippen LogP contribution in [0.2, 0.25) is 0 Å². The van der Waals surface area contributed by atoms with Gasteiger partial charge in [-0.05, 0) is 62.3 Å². The second-order valence-electron chi connectivity index (χ2n) is 9.05. The Bertz CT molecular complexity index is 1250. The summed E-state index contributed by atoms with van der Waals surface area (Å²) in [5, 5.41) is 22.6. The molecular weight excluding hydrogens is 402 g/mol. The fourth-order valence-electron chi connectivity index (χ4n) is 5.10. The summed E-state index contributed by atoms with van der Waals surface area (Å²) in [7, 11) is 0. The van der Waals surface area contributed by atoms with E-state index in [1.807, 2.05) is 26.0 Å². The van der Waals surface area contributed by atoms with E-state index >= 15 is 0 Å². The van der Waals surface area contributed by atoms with Crippen molar-refractivity contribution in [2.24, 2.45) is 11.8 Å². The molecule has 0 unspecified atom stereocenters. The monoisotopic (exact) mass is 427 g/mol. The fourth-order valence-corrected chi connectivity index (χ4v) is 5.10.